The van der Waals surface area contributed by atoms with Crippen molar-refractivity contribution in [2.24, 2.45) is 5.92 Å². The normalized spacial score (nSPS) is 12.0. The highest BCUT2D eigenvalue weighted by Gasteiger charge is 2.08. The van der Waals surface area contributed by atoms with E-state index in [9.17, 15) is 8.42 Å². The first-order valence-electron chi connectivity index (χ1n) is 4.93. The Morgan fingerprint density at radius 3 is 2.13 bits per heavy atom. The van der Waals surface area contributed by atoms with Gasteiger partial charge in [-0.2, -0.15) is 0 Å². The standard InChI is InChI=1S/C11H15ClO2S/c1-9(2)3-4-10-5-7-11(8-6-10)15(12,13)14/h5-9H,3-4H2,1-2H3. The van der Waals surface area contributed by atoms with E-state index < -0.39 is 9.05 Å². The molecule has 0 aliphatic heterocycles. The summed E-state index contributed by atoms with van der Waals surface area (Å²) in [7, 11) is 1.63. The van der Waals surface area contributed by atoms with E-state index >= 15 is 0 Å². The van der Waals surface area contributed by atoms with E-state index in [0.717, 1.165) is 18.4 Å². The number of rotatable bonds is 4. The van der Waals surface area contributed by atoms with Crippen LogP contribution in [0.1, 0.15) is 25.8 Å². The SMILES string of the molecule is CC(C)CCc1ccc(S(=O)(=O)Cl)cc1. The minimum Gasteiger partial charge on any atom is -0.207 e. The third kappa shape index (κ3) is 4.22. The average Bonchev–Trinajstić information content (AvgIpc) is 2.14. The summed E-state index contributed by atoms with van der Waals surface area (Å²) in [6.45, 7) is 4.33. The van der Waals surface area contributed by atoms with Gasteiger partial charge in [0.05, 0.1) is 4.90 Å². The highest BCUT2D eigenvalue weighted by Crippen LogP contribution is 2.16. The van der Waals surface area contributed by atoms with Gasteiger partial charge in [-0.3, -0.25) is 0 Å². The summed E-state index contributed by atoms with van der Waals surface area (Å²) < 4.78 is 22.0. The minimum absolute atomic E-state index is 0.164. The van der Waals surface area contributed by atoms with Crippen LogP contribution in [-0.4, -0.2) is 8.42 Å². The van der Waals surface area contributed by atoms with E-state index in [0.29, 0.717) is 5.92 Å². The predicted molar refractivity (Wildman–Crippen MR) is 62.6 cm³/mol. The Balaban J connectivity index is 2.73. The second-order valence-electron chi connectivity index (χ2n) is 4.01. The molecule has 0 unspecified atom stereocenters. The van der Waals surface area contributed by atoms with Gasteiger partial charge in [0.15, 0.2) is 0 Å². The van der Waals surface area contributed by atoms with Gasteiger partial charge in [0.2, 0.25) is 0 Å². The third-order valence-electron chi connectivity index (χ3n) is 2.22. The topological polar surface area (TPSA) is 34.1 Å². The number of aryl methyl sites for hydroxylation is 1. The second kappa shape index (κ2) is 4.99. The Morgan fingerprint density at radius 1 is 1.20 bits per heavy atom. The summed E-state index contributed by atoms with van der Waals surface area (Å²) in [6.07, 6.45) is 2.08. The van der Waals surface area contributed by atoms with E-state index in [-0.39, 0.29) is 4.90 Å². The smallest absolute Gasteiger partial charge is 0.207 e. The number of hydrogen-bond donors (Lipinski definition) is 0. The molecule has 4 heteroatoms. The number of hydrogen-bond acceptors (Lipinski definition) is 2. The van der Waals surface area contributed by atoms with Crippen LogP contribution in [0.4, 0.5) is 0 Å². The Hall–Kier alpha value is -0.540. The predicted octanol–water partition coefficient (Wildman–Crippen LogP) is 3.20. The molecule has 0 fully saturated rings. The largest absolute Gasteiger partial charge is 0.261 e. The summed E-state index contributed by atoms with van der Waals surface area (Å²) >= 11 is 0. The molecule has 0 heterocycles. The van der Waals surface area contributed by atoms with Crippen LogP contribution in [0.25, 0.3) is 0 Å². The molecule has 0 amide bonds. The molecule has 84 valence electrons. The third-order valence-corrected chi connectivity index (χ3v) is 3.59. The molecule has 0 atom stereocenters. The summed E-state index contributed by atoms with van der Waals surface area (Å²) in [5.74, 6) is 0.654. The Morgan fingerprint density at radius 2 is 1.73 bits per heavy atom. The summed E-state index contributed by atoms with van der Waals surface area (Å²) in [4.78, 5) is 0.164. The molecule has 0 saturated carbocycles. The zero-order chi connectivity index (χ0) is 11.5. The molecule has 0 aliphatic carbocycles. The van der Waals surface area contributed by atoms with Gasteiger partial charge >= 0.3 is 0 Å². The van der Waals surface area contributed by atoms with Crippen molar-refractivity contribution in [1.29, 1.82) is 0 Å². The molecule has 0 spiro atoms. The lowest BCUT2D eigenvalue weighted by molar-refractivity contribution is 0.586. The fourth-order valence-electron chi connectivity index (χ4n) is 1.27. The maximum atomic E-state index is 11.0. The van der Waals surface area contributed by atoms with Crippen LogP contribution < -0.4 is 0 Å². The lowest BCUT2D eigenvalue weighted by atomic mass is 10.0. The van der Waals surface area contributed by atoms with Crippen LogP contribution in [0.2, 0.25) is 0 Å². The van der Waals surface area contributed by atoms with Gasteiger partial charge in [0.25, 0.3) is 9.05 Å². The quantitative estimate of drug-likeness (QED) is 0.765. The van der Waals surface area contributed by atoms with Crippen LogP contribution in [-0.2, 0) is 15.5 Å². The second-order valence-corrected chi connectivity index (χ2v) is 6.58. The van der Waals surface area contributed by atoms with Crippen molar-refractivity contribution in [3.63, 3.8) is 0 Å². The number of halogens is 1. The lowest BCUT2D eigenvalue weighted by Gasteiger charge is -2.04. The van der Waals surface area contributed by atoms with Crippen molar-refractivity contribution in [2.75, 3.05) is 0 Å². The zero-order valence-corrected chi connectivity index (χ0v) is 10.5. The van der Waals surface area contributed by atoms with Crippen LogP contribution in [0.3, 0.4) is 0 Å². The highest BCUT2D eigenvalue weighted by atomic mass is 35.7. The molecule has 0 radical (unpaired) electrons. The van der Waals surface area contributed by atoms with Crippen molar-refractivity contribution in [2.45, 2.75) is 31.6 Å². The van der Waals surface area contributed by atoms with Crippen molar-refractivity contribution in [1.82, 2.24) is 0 Å². The molecular formula is C11H15ClO2S. The molecule has 1 rings (SSSR count). The van der Waals surface area contributed by atoms with Crippen molar-refractivity contribution in [3.05, 3.63) is 29.8 Å². The molecule has 2 nitrogen and oxygen atoms in total. The molecule has 15 heavy (non-hydrogen) atoms. The lowest BCUT2D eigenvalue weighted by Crippen LogP contribution is -1.94. The number of benzene rings is 1. The Kier molecular flexibility index (Phi) is 4.17. The van der Waals surface area contributed by atoms with Gasteiger partial charge in [-0.05, 0) is 36.5 Å². The van der Waals surface area contributed by atoms with E-state index in [2.05, 4.69) is 13.8 Å². The van der Waals surface area contributed by atoms with Gasteiger partial charge in [0, 0.05) is 10.7 Å². The van der Waals surface area contributed by atoms with Gasteiger partial charge in [-0.15, -0.1) is 0 Å². The van der Waals surface area contributed by atoms with Gasteiger partial charge in [-0.25, -0.2) is 8.42 Å². The van der Waals surface area contributed by atoms with Crippen LogP contribution in [0, 0.1) is 5.92 Å². The summed E-state index contributed by atoms with van der Waals surface area (Å²) in [5, 5.41) is 0. The zero-order valence-electron chi connectivity index (χ0n) is 8.90. The van der Waals surface area contributed by atoms with E-state index in [1.807, 2.05) is 12.1 Å². The molecule has 0 aromatic heterocycles. The molecule has 1 aromatic rings. The molecule has 0 N–H and O–H groups in total. The molecular weight excluding hydrogens is 232 g/mol. The average molecular weight is 247 g/mol. The first kappa shape index (κ1) is 12.5. The first-order valence-corrected chi connectivity index (χ1v) is 7.24. The molecule has 1 aromatic carbocycles. The first-order chi connectivity index (χ1) is 6.89. The van der Waals surface area contributed by atoms with E-state index in [1.165, 1.54) is 0 Å². The molecule has 0 bridgehead atoms. The van der Waals surface area contributed by atoms with Gasteiger partial charge < -0.3 is 0 Å². The minimum atomic E-state index is -3.58. The van der Waals surface area contributed by atoms with Gasteiger partial charge in [0.1, 0.15) is 0 Å². The maximum Gasteiger partial charge on any atom is 0.261 e. The van der Waals surface area contributed by atoms with E-state index in [1.54, 1.807) is 12.1 Å². The molecule has 0 saturated heterocycles. The van der Waals surface area contributed by atoms with Gasteiger partial charge in [-0.1, -0.05) is 26.0 Å². The van der Waals surface area contributed by atoms with Crippen LogP contribution in [0.5, 0.6) is 0 Å². The highest BCUT2D eigenvalue weighted by molar-refractivity contribution is 8.13. The summed E-state index contributed by atoms with van der Waals surface area (Å²) in [5.41, 5.74) is 1.15. The fraction of sp³-hybridized carbons (Fsp3) is 0.455. The van der Waals surface area contributed by atoms with Crippen LogP contribution >= 0.6 is 10.7 Å². The Labute approximate surface area is 95.7 Å². The maximum absolute atomic E-state index is 11.0. The fourth-order valence-corrected chi connectivity index (χ4v) is 2.04. The summed E-state index contributed by atoms with van der Waals surface area (Å²) in [6, 6.07) is 6.74. The van der Waals surface area contributed by atoms with Crippen molar-refractivity contribution in [3.8, 4) is 0 Å². The van der Waals surface area contributed by atoms with Crippen molar-refractivity contribution < 1.29 is 8.42 Å². The van der Waals surface area contributed by atoms with Crippen molar-refractivity contribution >= 4 is 19.7 Å². The van der Waals surface area contributed by atoms with Crippen LogP contribution in [0.15, 0.2) is 29.2 Å². The van der Waals surface area contributed by atoms with E-state index in [4.69, 9.17) is 10.7 Å². The Bertz CT molecular complexity index is 407. The molecule has 0 aliphatic rings. The monoisotopic (exact) mass is 246 g/mol.